The van der Waals surface area contributed by atoms with Gasteiger partial charge in [0.2, 0.25) is 10.0 Å². The molecule has 0 fully saturated rings. The molecule has 0 saturated heterocycles. The Labute approximate surface area is 130 Å². The second-order valence-corrected chi connectivity index (χ2v) is 8.71. The number of halogens is 1. The maximum Gasteiger partial charge on any atom is 0.250 e. The molecule has 7 heteroatoms. The topological polar surface area (TPSA) is 66.4 Å². The largest absolute Gasteiger partial charge is 0.391 e. The average Bonchev–Trinajstić information content (AvgIpc) is 2.85. The predicted octanol–water partition coefficient (Wildman–Crippen LogP) is 2.39. The first-order chi connectivity index (χ1) is 9.47. The average molecular weight is 376 g/mol. The number of hydrogen-bond donors (Lipinski definition) is 2. The molecule has 0 spiro atoms. The fourth-order valence-corrected chi connectivity index (χ4v) is 4.80. The number of thiophene rings is 1. The van der Waals surface area contributed by atoms with Crippen LogP contribution in [-0.4, -0.2) is 26.2 Å². The highest BCUT2D eigenvalue weighted by Gasteiger charge is 2.17. The number of nitrogens with one attached hydrogen (secondary N) is 1. The van der Waals surface area contributed by atoms with Crippen molar-refractivity contribution in [3.8, 4) is 0 Å². The van der Waals surface area contributed by atoms with E-state index in [-0.39, 0.29) is 10.8 Å². The van der Waals surface area contributed by atoms with Crippen LogP contribution in [0.25, 0.3) is 0 Å². The summed E-state index contributed by atoms with van der Waals surface area (Å²) < 4.78 is 27.3. The van der Waals surface area contributed by atoms with Gasteiger partial charge in [-0.05, 0) is 40.0 Å². The third-order valence-electron chi connectivity index (χ3n) is 2.64. The van der Waals surface area contributed by atoms with E-state index >= 15 is 0 Å². The number of benzene rings is 1. The summed E-state index contributed by atoms with van der Waals surface area (Å²) in [6.07, 6.45) is -0.340. The zero-order valence-electron chi connectivity index (χ0n) is 10.5. The van der Waals surface area contributed by atoms with E-state index in [9.17, 15) is 13.5 Å². The van der Waals surface area contributed by atoms with Crippen LogP contribution < -0.4 is 4.72 Å². The Kier molecular flexibility index (Phi) is 5.34. The molecule has 20 heavy (non-hydrogen) atoms. The van der Waals surface area contributed by atoms with Gasteiger partial charge in [-0.15, -0.1) is 11.3 Å². The van der Waals surface area contributed by atoms with Crippen LogP contribution in [-0.2, 0) is 16.4 Å². The van der Waals surface area contributed by atoms with Gasteiger partial charge in [0.15, 0.2) is 0 Å². The molecule has 0 amide bonds. The molecule has 1 heterocycles. The molecule has 1 aromatic carbocycles. The zero-order valence-corrected chi connectivity index (χ0v) is 13.7. The minimum absolute atomic E-state index is 0.00720. The molecule has 4 nitrogen and oxygen atoms in total. The van der Waals surface area contributed by atoms with Crippen LogP contribution in [0, 0.1) is 0 Å². The van der Waals surface area contributed by atoms with E-state index < -0.39 is 16.1 Å². The first kappa shape index (κ1) is 15.7. The van der Waals surface area contributed by atoms with Crippen LogP contribution in [0.1, 0.15) is 5.56 Å². The number of aliphatic hydroxyl groups excluding tert-OH is 1. The van der Waals surface area contributed by atoms with Gasteiger partial charge in [-0.1, -0.05) is 30.3 Å². The molecule has 0 aliphatic carbocycles. The summed E-state index contributed by atoms with van der Waals surface area (Å²) in [5.74, 6) is 0. The lowest BCUT2D eigenvalue weighted by Gasteiger charge is -2.11. The molecule has 2 aromatic rings. The molecule has 2 rings (SSSR count). The van der Waals surface area contributed by atoms with Crippen molar-refractivity contribution >= 4 is 37.3 Å². The van der Waals surface area contributed by atoms with Crippen LogP contribution in [0.5, 0.6) is 0 Å². The van der Waals surface area contributed by atoms with Crippen molar-refractivity contribution < 1.29 is 13.5 Å². The van der Waals surface area contributed by atoms with Gasteiger partial charge < -0.3 is 5.11 Å². The molecular formula is C13H14BrNO3S2. The van der Waals surface area contributed by atoms with Gasteiger partial charge in [-0.3, -0.25) is 0 Å². The Morgan fingerprint density at radius 2 is 1.90 bits per heavy atom. The van der Waals surface area contributed by atoms with Crippen molar-refractivity contribution in [1.82, 2.24) is 4.72 Å². The van der Waals surface area contributed by atoms with Crippen molar-refractivity contribution in [2.45, 2.75) is 16.7 Å². The Morgan fingerprint density at radius 1 is 1.20 bits per heavy atom. The molecule has 0 radical (unpaired) electrons. The highest BCUT2D eigenvalue weighted by Crippen LogP contribution is 2.25. The molecule has 0 aliphatic rings. The number of hydrogen-bond acceptors (Lipinski definition) is 4. The summed E-state index contributed by atoms with van der Waals surface area (Å²) in [5, 5.41) is 9.89. The van der Waals surface area contributed by atoms with Gasteiger partial charge in [0.05, 0.1) is 9.89 Å². The molecule has 1 unspecified atom stereocenters. The van der Waals surface area contributed by atoms with Crippen molar-refractivity contribution in [2.24, 2.45) is 0 Å². The lowest BCUT2D eigenvalue weighted by atomic mass is 10.1. The first-order valence-electron chi connectivity index (χ1n) is 5.94. The third kappa shape index (κ3) is 4.39. The Bertz CT molecular complexity index is 655. The maximum atomic E-state index is 12.0. The minimum Gasteiger partial charge on any atom is -0.391 e. The van der Waals surface area contributed by atoms with Gasteiger partial charge >= 0.3 is 0 Å². The number of rotatable bonds is 6. The molecule has 0 saturated carbocycles. The van der Waals surface area contributed by atoms with E-state index in [1.54, 1.807) is 6.07 Å². The van der Waals surface area contributed by atoms with Crippen LogP contribution in [0.3, 0.4) is 0 Å². The van der Waals surface area contributed by atoms with Gasteiger partial charge in [-0.25, -0.2) is 13.1 Å². The smallest absolute Gasteiger partial charge is 0.250 e. The molecule has 1 aromatic heterocycles. The Hall–Kier alpha value is -0.730. The predicted molar refractivity (Wildman–Crippen MR) is 83.4 cm³/mol. The van der Waals surface area contributed by atoms with Crippen molar-refractivity contribution in [2.75, 3.05) is 6.54 Å². The second-order valence-electron chi connectivity index (χ2n) is 4.25. The summed E-state index contributed by atoms with van der Waals surface area (Å²) in [4.78, 5) is 0. The first-order valence-corrected chi connectivity index (χ1v) is 9.03. The fourth-order valence-electron chi connectivity index (χ4n) is 1.68. The van der Waals surface area contributed by atoms with Crippen LogP contribution >= 0.6 is 27.3 Å². The normalized spacial score (nSPS) is 13.3. The summed E-state index contributed by atoms with van der Waals surface area (Å²) in [5.41, 5.74) is 0.970. The number of sulfonamides is 1. The highest BCUT2D eigenvalue weighted by molar-refractivity contribution is 9.11. The third-order valence-corrected chi connectivity index (χ3v) is 6.18. The SMILES string of the molecule is O=S(=O)(NCC(O)Cc1ccccc1)c1ccc(Br)s1. The second kappa shape index (κ2) is 6.82. The van der Waals surface area contributed by atoms with E-state index in [0.29, 0.717) is 6.42 Å². The van der Waals surface area contributed by atoms with E-state index in [4.69, 9.17) is 0 Å². The van der Waals surface area contributed by atoms with E-state index in [0.717, 1.165) is 20.7 Å². The van der Waals surface area contributed by atoms with Crippen LogP contribution in [0.2, 0.25) is 0 Å². The highest BCUT2D eigenvalue weighted by atomic mass is 79.9. The van der Waals surface area contributed by atoms with E-state index in [1.165, 1.54) is 6.07 Å². The van der Waals surface area contributed by atoms with E-state index in [2.05, 4.69) is 20.7 Å². The Balaban J connectivity index is 1.91. The van der Waals surface area contributed by atoms with Crippen molar-refractivity contribution in [1.29, 1.82) is 0 Å². The summed E-state index contributed by atoms with van der Waals surface area (Å²) in [6.45, 7) is -0.00720. The molecular weight excluding hydrogens is 362 g/mol. The summed E-state index contributed by atoms with van der Waals surface area (Å²) in [7, 11) is -3.55. The lowest BCUT2D eigenvalue weighted by Crippen LogP contribution is -2.32. The Morgan fingerprint density at radius 3 is 2.50 bits per heavy atom. The van der Waals surface area contributed by atoms with Crippen LogP contribution in [0.15, 0.2) is 50.5 Å². The standard InChI is InChI=1S/C13H14BrNO3S2/c14-12-6-7-13(19-12)20(17,18)15-9-11(16)8-10-4-2-1-3-5-10/h1-7,11,15-16H,8-9H2. The molecule has 1 atom stereocenters. The molecule has 0 bridgehead atoms. The monoisotopic (exact) mass is 375 g/mol. The van der Waals surface area contributed by atoms with Crippen LogP contribution in [0.4, 0.5) is 0 Å². The van der Waals surface area contributed by atoms with Gasteiger partial charge in [0.1, 0.15) is 4.21 Å². The molecule has 2 N–H and O–H groups in total. The summed E-state index contributed by atoms with van der Waals surface area (Å²) in [6, 6.07) is 12.7. The zero-order chi connectivity index (χ0) is 14.6. The lowest BCUT2D eigenvalue weighted by molar-refractivity contribution is 0.179. The molecule has 108 valence electrons. The minimum atomic E-state index is -3.55. The maximum absolute atomic E-state index is 12.0. The van der Waals surface area contributed by atoms with Gasteiger partial charge in [0, 0.05) is 6.54 Å². The fraction of sp³-hybridized carbons (Fsp3) is 0.231. The molecule has 0 aliphatic heterocycles. The van der Waals surface area contributed by atoms with Gasteiger partial charge in [0.25, 0.3) is 0 Å². The van der Waals surface area contributed by atoms with Gasteiger partial charge in [-0.2, -0.15) is 0 Å². The van der Waals surface area contributed by atoms with Crippen molar-refractivity contribution in [3.05, 3.63) is 51.8 Å². The number of aliphatic hydroxyl groups is 1. The van der Waals surface area contributed by atoms with E-state index in [1.807, 2.05) is 30.3 Å². The summed E-state index contributed by atoms with van der Waals surface area (Å²) >= 11 is 4.36. The quantitative estimate of drug-likeness (QED) is 0.814. The van der Waals surface area contributed by atoms with Crippen molar-refractivity contribution in [3.63, 3.8) is 0 Å².